The molecule has 0 aromatic heterocycles. The first-order valence-electron chi connectivity index (χ1n) is 4.32. The van der Waals surface area contributed by atoms with Crippen molar-refractivity contribution in [3.8, 4) is 0 Å². The Morgan fingerprint density at radius 3 is 3.15 bits per heavy atom. The molecule has 0 aromatic rings. The van der Waals surface area contributed by atoms with E-state index in [1.165, 1.54) is 7.11 Å². The van der Waals surface area contributed by atoms with Crippen molar-refractivity contribution in [2.75, 3.05) is 20.3 Å². The standard InChI is InChI=1S/C9H14O4/c1-11-9(10)13-8-4-2-3-6-12-7-5-8/h2,4,8H,3,5-7H2,1H3. The fourth-order valence-electron chi connectivity index (χ4n) is 1.07. The van der Waals surface area contributed by atoms with Gasteiger partial charge < -0.3 is 14.2 Å². The summed E-state index contributed by atoms with van der Waals surface area (Å²) < 4.78 is 14.6. The smallest absolute Gasteiger partial charge is 0.438 e. The molecule has 1 aliphatic heterocycles. The highest BCUT2D eigenvalue weighted by Gasteiger charge is 2.12. The predicted molar refractivity (Wildman–Crippen MR) is 46.5 cm³/mol. The predicted octanol–water partition coefficient (Wildman–Crippen LogP) is 1.50. The van der Waals surface area contributed by atoms with Gasteiger partial charge in [-0.3, -0.25) is 0 Å². The van der Waals surface area contributed by atoms with Crippen LogP contribution in [0.15, 0.2) is 12.2 Å². The third-order valence-electron chi connectivity index (χ3n) is 1.74. The fourth-order valence-corrected chi connectivity index (χ4v) is 1.07. The Kier molecular flexibility index (Phi) is 4.32. The van der Waals surface area contributed by atoms with Crippen molar-refractivity contribution in [2.45, 2.75) is 18.9 Å². The number of hydrogen-bond donors (Lipinski definition) is 0. The first-order valence-corrected chi connectivity index (χ1v) is 4.32. The average molecular weight is 186 g/mol. The van der Waals surface area contributed by atoms with Gasteiger partial charge in [-0.2, -0.15) is 0 Å². The number of hydrogen-bond acceptors (Lipinski definition) is 4. The maximum Gasteiger partial charge on any atom is 0.508 e. The lowest BCUT2D eigenvalue weighted by Crippen LogP contribution is -2.19. The molecular weight excluding hydrogens is 172 g/mol. The van der Waals surface area contributed by atoms with Crippen LogP contribution in [0.2, 0.25) is 0 Å². The molecule has 0 spiro atoms. The van der Waals surface area contributed by atoms with E-state index in [0.29, 0.717) is 13.0 Å². The van der Waals surface area contributed by atoms with Crippen molar-refractivity contribution < 1.29 is 19.0 Å². The quantitative estimate of drug-likeness (QED) is 0.460. The van der Waals surface area contributed by atoms with Crippen molar-refractivity contribution >= 4 is 6.16 Å². The van der Waals surface area contributed by atoms with Crippen molar-refractivity contribution in [3.63, 3.8) is 0 Å². The molecule has 0 saturated carbocycles. The van der Waals surface area contributed by atoms with Gasteiger partial charge in [0.2, 0.25) is 0 Å². The minimum Gasteiger partial charge on any atom is -0.438 e. The monoisotopic (exact) mass is 186 g/mol. The number of carbonyl (C=O) groups excluding carboxylic acids is 1. The van der Waals surface area contributed by atoms with Gasteiger partial charge in [-0.05, 0) is 12.5 Å². The lowest BCUT2D eigenvalue weighted by Gasteiger charge is -2.15. The van der Waals surface area contributed by atoms with Gasteiger partial charge in [0, 0.05) is 6.42 Å². The highest BCUT2D eigenvalue weighted by molar-refractivity contribution is 5.60. The van der Waals surface area contributed by atoms with E-state index in [4.69, 9.17) is 9.47 Å². The Labute approximate surface area is 77.5 Å². The summed E-state index contributed by atoms with van der Waals surface area (Å²) in [6, 6.07) is 0. The van der Waals surface area contributed by atoms with E-state index in [0.717, 1.165) is 13.0 Å². The Hall–Kier alpha value is -1.03. The van der Waals surface area contributed by atoms with Crippen molar-refractivity contribution in [3.05, 3.63) is 12.2 Å². The Balaban J connectivity index is 2.37. The molecule has 4 nitrogen and oxygen atoms in total. The normalized spacial score (nSPS) is 23.0. The van der Waals surface area contributed by atoms with Crippen LogP contribution in [-0.4, -0.2) is 32.6 Å². The molecular formula is C9H14O4. The van der Waals surface area contributed by atoms with E-state index in [9.17, 15) is 4.79 Å². The summed E-state index contributed by atoms with van der Waals surface area (Å²) >= 11 is 0. The van der Waals surface area contributed by atoms with Gasteiger partial charge in [-0.15, -0.1) is 0 Å². The molecule has 0 radical (unpaired) electrons. The second-order valence-electron chi connectivity index (χ2n) is 2.73. The molecule has 0 N–H and O–H groups in total. The molecule has 0 amide bonds. The molecule has 13 heavy (non-hydrogen) atoms. The van der Waals surface area contributed by atoms with Crippen LogP contribution in [0.1, 0.15) is 12.8 Å². The third-order valence-corrected chi connectivity index (χ3v) is 1.74. The summed E-state index contributed by atoms with van der Waals surface area (Å²) in [5, 5.41) is 0. The molecule has 0 saturated heterocycles. The van der Waals surface area contributed by atoms with Crippen LogP contribution in [0.5, 0.6) is 0 Å². The van der Waals surface area contributed by atoms with E-state index in [1.807, 2.05) is 12.2 Å². The molecule has 0 aliphatic carbocycles. The lowest BCUT2D eigenvalue weighted by atomic mass is 10.2. The maximum atomic E-state index is 10.8. The van der Waals surface area contributed by atoms with Crippen LogP contribution in [0.25, 0.3) is 0 Å². The Morgan fingerprint density at radius 2 is 2.38 bits per heavy atom. The number of carbonyl (C=O) groups is 1. The fraction of sp³-hybridized carbons (Fsp3) is 0.667. The summed E-state index contributed by atoms with van der Waals surface area (Å²) in [6.07, 6.45) is 4.52. The van der Waals surface area contributed by atoms with E-state index in [2.05, 4.69) is 4.74 Å². The number of rotatable bonds is 1. The molecule has 4 heteroatoms. The number of ether oxygens (including phenoxy) is 3. The largest absolute Gasteiger partial charge is 0.508 e. The summed E-state index contributed by atoms with van der Waals surface area (Å²) in [6.45, 7) is 1.35. The topological polar surface area (TPSA) is 44.8 Å². The third kappa shape index (κ3) is 3.94. The summed E-state index contributed by atoms with van der Waals surface area (Å²) in [5.74, 6) is 0. The van der Waals surface area contributed by atoms with Crippen LogP contribution in [0, 0.1) is 0 Å². The van der Waals surface area contributed by atoms with Crippen LogP contribution >= 0.6 is 0 Å². The zero-order chi connectivity index (χ0) is 9.52. The van der Waals surface area contributed by atoms with Crippen molar-refractivity contribution in [1.82, 2.24) is 0 Å². The van der Waals surface area contributed by atoms with E-state index in [1.54, 1.807) is 0 Å². The highest BCUT2D eigenvalue weighted by atomic mass is 16.7. The maximum absolute atomic E-state index is 10.8. The van der Waals surface area contributed by atoms with E-state index < -0.39 is 6.16 Å². The summed E-state index contributed by atoms with van der Waals surface area (Å²) in [5.41, 5.74) is 0. The molecule has 0 aromatic carbocycles. The van der Waals surface area contributed by atoms with E-state index >= 15 is 0 Å². The summed E-state index contributed by atoms with van der Waals surface area (Å²) in [4.78, 5) is 10.8. The first-order chi connectivity index (χ1) is 6.33. The van der Waals surface area contributed by atoms with Crippen LogP contribution < -0.4 is 0 Å². The van der Waals surface area contributed by atoms with Gasteiger partial charge in [0.15, 0.2) is 0 Å². The molecule has 0 bridgehead atoms. The molecule has 1 heterocycles. The van der Waals surface area contributed by atoms with Gasteiger partial charge in [-0.25, -0.2) is 4.79 Å². The van der Waals surface area contributed by atoms with Gasteiger partial charge in [0.25, 0.3) is 0 Å². The molecule has 1 unspecified atom stereocenters. The minimum atomic E-state index is -0.643. The van der Waals surface area contributed by atoms with Crippen LogP contribution in [-0.2, 0) is 14.2 Å². The van der Waals surface area contributed by atoms with Gasteiger partial charge in [0.05, 0.1) is 20.3 Å². The number of methoxy groups -OCH3 is 1. The van der Waals surface area contributed by atoms with Gasteiger partial charge in [-0.1, -0.05) is 6.08 Å². The average Bonchev–Trinajstić information content (AvgIpc) is 2.09. The zero-order valence-electron chi connectivity index (χ0n) is 7.69. The van der Waals surface area contributed by atoms with Gasteiger partial charge >= 0.3 is 6.16 Å². The van der Waals surface area contributed by atoms with Crippen LogP contribution in [0.3, 0.4) is 0 Å². The molecule has 0 fully saturated rings. The lowest BCUT2D eigenvalue weighted by molar-refractivity contribution is 0.0338. The van der Waals surface area contributed by atoms with Crippen molar-refractivity contribution in [1.29, 1.82) is 0 Å². The Bertz CT molecular complexity index is 188. The highest BCUT2D eigenvalue weighted by Crippen LogP contribution is 2.06. The Morgan fingerprint density at radius 1 is 1.54 bits per heavy atom. The van der Waals surface area contributed by atoms with Gasteiger partial charge in [0.1, 0.15) is 6.10 Å². The zero-order valence-corrected chi connectivity index (χ0v) is 7.69. The van der Waals surface area contributed by atoms with Crippen molar-refractivity contribution in [2.24, 2.45) is 0 Å². The second kappa shape index (κ2) is 5.59. The molecule has 1 rings (SSSR count). The van der Waals surface area contributed by atoms with Crippen LogP contribution in [0.4, 0.5) is 4.79 Å². The molecule has 1 atom stereocenters. The SMILES string of the molecule is COC(=O)OC1C=CCCOCC1. The second-order valence-corrected chi connectivity index (χ2v) is 2.73. The molecule has 1 aliphatic rings. The minimum absolute atomic E-state index is 0.215. The first kappa shape index (κ1) is 10.1. The van der Waals surface area contributed by atoms with E-state index in [-0.39, 0.29) is 6.10 Å². The molecule has 74 valence electrons. The summed E-state index contributed by atoms with van der Waals surface area (Å²) in [7, 11) is 1.30.